The van der Waals surface area contributed by atoms with Crippen molar-refractivity contribution in [1.82, 2.24) is 25.7 Å². The maximum Gasteiger partial charge on any atom is 0.222 e. The van der Waals surface area contributed by atoms with Crippen LogP contribution in [-0.4, -0.2) is 45.9 Å². The molecule has 28 heavy (non-hydrogen) atoms. The van der Waals surface area contributed by atoms with Crippen LogP contribution in [0.5, 0.6) is 0 Å². The summed E-state index contributed by atoms with van der Waals surface area (Å²) < 4.78 is 0. The molecule has 3 heterocycles. The van der Waals surface area contributed by atoms with E-state index < -0.39 is 0 Å². The Morgan fingerprint density at radius 3 is 2.86 bits per heavy atom. The van der Waals surface area contributed by atoms with Gasteiger partial charge < -0.3 is 4.90 Å². The zero-order valence-electron chi connectivity index (χ0n) is 16.4. The Morgan fingerprint density at radius 2 is 2.11 bits per heavy atom. The topological polar surface area (TPSA) is 70.2 Å². The largest absolute Gasteiger partial charge is 0.342 e. The van der Waals surface area contributed by atoms with Crippen molar-refractivity contribution < 1.29 is 4.79 Å². The SMILES string of the molecule is CCC(c1ccccc1)C1NNC2CCN(C(=O)CCc3cnccn3)CC21. The van der Waals surface area contributed by atoms with Gasteiger partial charge in [-0.25, -0.2) is 0 Å². The molecule has 2 aromatic rings. The molecule has 0 bridgehead atoms. The summed E-state index contributed by atoms with van der Waals surface area (Å²) in [5.74, 6) is 1.10. The zero-order valence-corrected chi connectivity index (χ0v) is 16.4. The highest BCUT2D eigenvalue weighted by Crippen LogP contribution is 2.34. The van der Waals surface area contributed by atoms with Crippen molar-refractivity contribution in [3.05, 3.63) is 60.2 Å². The number of nitrogens with zero attached hydrogens (tertiary/aromatic N) is 3. The van der Waals surface area contributed by atoms with E-state index in [2.05, 4.69) is 63.0 Å². The Balaban J connectivity index is 1.40. The molecule has 2 fully saturated rings. The Kier molecular flexibility index (Phi) is 5.98. The first kappa shape index (κ1) is 19.0. The molecule has 1 amide bonds. The zero-order chi connectivity index (χ0) is 19.3. The van der Waals surface area contributed by atoms with Crippen LogP contribution in [0.4, 0.5) is 0 Å². The molecule has 0 aliphatic carbocycles. The minimum absolute atomic E-state index is 0.225. The molecular formula is C22H29N5O. The summed E-state index contributed by atoms with van der Waals surface area (Å²) in [4.78, 5) is 23.2. The number of hydrazine groups is 1. The molecule has 2 saturated heterocycles. The Hall–Kier alpha value is -2.31. The second kappa shape index (κ2) is 8.80. The molecule has 6 heteroatoms. The number of benzene rings is 1. The average molecular weight is 380 g/mol. The van der Waals surface area contributed by atoms with Gasteiger partial charge in [-0.1, -0.05) is 37.3 Å². The number of carbonyl (C=O) groups is 1. The molecule has 6 nitrogen and oxygen atoms in total. The van der Waals surface area contributed by atoms with Gasteiger partial charge in [-0.3, -0.25) is 25.6 Å². The van der Waals surface area contributed by atoms with Crippen LogP contribution in [-0.2, 0) is 11.2 Å². The van der Waals surface area contributed by atoms with Crippen molar-refractivity contribution in [2.45, 2.75) is 50.6 Å². The summed E-state index contributed by atoms with van der Waals surface area (Å²) in [6.45, 7) is 3.89. The summed E-state index contributed by atoms with van der Waals surface area (Å²) >= 11 is 0. The van der Waals surface area contributed by atoms with Gasteiger partial charge in [0.05, 0.1) is 5.69 Å². The second-order valence-electron chi connectivity index (χ2n) is 7.84. The van der Waals surface area contributed by atoms with E-state index in [-0.39, 0.29) is 5.91 Å². The highest BCUT2D eigenvalue weighted by Gasteiger charge is 2.43. The highest BCUT2D eigenvalue weighted by atomic mass is 16.2. The first-order chi connectivity index (χ1) is 13.8. The van der Waals surface area contributed by atoms with Crippen molar-refractivity contribution in [2.24, 2.45) is 5.92 Å². The molecule has 148 valence electrons. The first-order valence-electron chi connectivity index (χ1n) is 10.3. The molecule has 1 aromatic heterocycles. The molecule has 2 aliphatic rings. The molecule has 0 radical (unpaired) electrons. The molecule has 2 aliphatic heterocycles. The van der Waals surface area contributed by atoms with Gasteiger partial charge >= 0.3 is 0 Å². The number of piperidine rings is 1. The Bertz CT molecular complexity index is 769. The summed E-state index contributed by atoms with van der Waals surface area (Å²) in [5.41, 5.74) is 9.31. The molecule has 4 unspecified atom stereocenters. The third kappa shape index (κ3) is 4.08. The van der Waals surface area contributed by atoms with Gasteiger partial charge in [-0.05, 0) is 24.8 Å². The molecule has 4 atom stereocenters. The van der Waals surface area contributed by atoms with Crippen LogP contribution in [0.15, 0.2) is 48.9 Å². The fraction of sp³-hybridized carbons (Fsp3) is 0.500. The summed E-state index contributed by atoms with van der Waals surface area (Å²) in [5, 5.41) is 0. The van der Waals surface area contributed by atoms with E-state index in [1.165, 1.54) is 5.56 Å². The number of nitrogens with one attached hydrogen (secondary N) is 2. The normalized spacial score (nSPS) is 25.3. The number of hydrogen-bond donors (Lipinski definition) is 2. The molecule has 1 aromatic carbocycles. The monoisotopic (exact) mass is 379 g/mol. The van der Waals surface area contributed by atoms with Crippen LogP contribution in [0.3, 0.4) is 0 Å². The van der Waals surface area contributed by atoms with Gasteiger partial charge in [0.15, 0.2) is 0 Å². The lowest BCUT2D eigenvalue weighted by molar-refractivity contribution is -0.133. The fourth-order valence-corrected chi connectivity index (χ4v) is 4.71. The van der Waals surface area contributed by atoms with Crippen molar-refractivity contribution in [1.29, 1.82) is 0 Å². The van der Waals surface area contributed by atoms with Gasteiger partial charge in [0.25, 0.3) is 0 Å². The molecule has 0 saturated carbocycles. The van der Waals surface area contributed by atoms with E-state index in [4.69, 9.17) is 0 Å². The van der Waals surface area contributed by atoms with Crippen LogP contribution < -0.4 is 10.9 Å². The van der Waals surface area contributed by atoms with Gasteiger partial charge in [0, 0.05) is 62.0 Å². The van der Waals surface area contributed by atoms with Gasteiger partial charge in [-0.15, -0.1) is 0 Å². The standard InChI is InChI=1S/C22H29N5O/c1-2-18(16-6-4-3-5-7-16)22-19-15-27(13-10-20(19)25-26-22)21(28)9-8-17-14-23-11-12-24-17/h3-7,11-12,14,18-20,22,25-26H,2,8-10,13,15H2,1H3. The van der Waals surface area contributed by atoms with Crippen LogP contribution in [0.1, 0.15) is 43.4 Å². The lowest BCUT2D eigenvalue weighted by Crippen LogP contribution is -2.49. The number of aromatic nitrogens is 2. The molecule has 2 N–H and O–H groups in total. The average Bonchev–Trinajstić information content (AvgIpc) is 3.17. The fourth-order valence-electron chi connectivity index (χ4n) is 4.71. The quantitative estimate of drug-likeness (QED) is 0.806. The number of aryl methyl sites for hydroxylation is 1. The number of amides is 1. The third-order valence-electron chi connectivity index (χ3n) is 6.22. The second-order valence-corrected chi connectivity index (χ2v) is 7.84. The van der Waals surface area contributed by atoms with E-state index in [1.807, 2.05) is 0 Å². The lowest BCUT2D eigenvalue weighted by Gasteiger charge is -2.38. The van der Waals surface area contributed by atoms with Gasteiger partial charge in [-0.2, -0.15) is 0 Å². The van der Waals surface area contributed by atoms with Gasteiger partial charge in [0.1, 0.15) is 0 Å². The summed E-state index contributed by atoms with van der Waals surface area (Å²) in [6, 6.07) is 11.5. The number of likely N-dealkylation sites (tertiary alicyclic amines) is 1. The van der Waals surface area contributed by atoms with Crippen molar-refractivity contribution >= 4 is 5.91 Å². The third-order valence-corrected chi connectivity index (χ3v) is 6.22. The summed E-state index contributed by atoms with van der Waals surface area (Å²) in [6.07, 6.45) is 8.30. The highest BCUT2D eigenvalue weighted by molar-refractivity contribution is 5.76. The van der Waals surface area contributed by atoms with Crippen LogP contribution in [0.2, 0.25) is 0 Å². The minimum Gasteiger partial charge on any atom is -0.342 e. The lowest BCUT2D eigenvalue weighted by atomic mass is 9.78. The summed E-state index contributed by atoms with van der Waals surface area (Å²) in [7, 11) is 0. The predicted molar refractivity (Wildman–Crippen MR) is 108 cm³/mol. The Labute approximate surface area is 166 Å². The molecule has 0 spiro atoms. The number of hydrogen-bond acceptors (Lipinski definition) is 5. The van der Waals surface area contributed by atoms with E-state index in [0.29, 0.717) is 36.8 Å². The van der Waals surface area contributed by atoms with E-state index in [0.717, 1.165) is 31.6 Å². The van der Waals surface area contributed by atoms with E-state index in [9.17, 15) is 4.79 Å². The molecule has 4 rings (SSSR count). The smallest absolute Gasteiger partial charge is 0.222 e. The number of rotatable bonds is 6. The van der Waals surface area contributed by atoms with Gasteiger partial charge in [0.2, 0.25) is 5.91 Å². The maximum atomic E-state index is 12.8. The predicted octanol–water partition coefficient (Wildman–Crippen LogP) is 2.30. The maximum absolute atomic E-state index is 12.8. The van der Waals surface area contributed by atoms with Crippen molar-refractivity contribution in [3.63, 3.8) is 0 Å². The van der Waals surface area contributed by atoms with E-state index >= 15 is 0 Å². The van der Waals surface area contributed by atoms with Crippen LogP contribution >= 0.6 is 0 Å². The Morgan fingerprint density at radius 1 is 1.25 bits per heavy atom. The van der Waals surface area contributed by atoms with Crippen molar-refractivity contribution in [3.8, 4) is 0 Å². The van der Waals surface area contributed by atoms with Crippen LogP contribution in [0, 0.1) is 5.92 Å². The number of fused-ring (bicyclic) bond motifs is 1. The van der Waals surface area contributed by atoms with Crippen molar-refractivity contribution in [2.75, 3.05) is 13.1 Å². The minimum atomic E-state index is 0.225. The van der Waals surface area contributed by atoms with E-state index in [1.54, 1.807) is 18.6 Å². The first-order valence-corrected chi connectivity index (χ1v) is 10.3. The number of carbonyl (C=O) groups excluding carboxylic acids is 1. The molecular weight excluding hydrogens is 350 g/mol. The van der Waals surface area contributed by atoms with Crippen LogP contribution in [0.25, 0.3) is 0 Å².